The molecule has 0 bridgehead atoms. The molecule has 0 fully saturated rings. The van der Waals surface area contributed by atoms with Crippen LogP contribution in [0, 0.1) is 6.92 Å². The van der Waals surface area contributed by atoms with Gasteiger partial charge in [-0.15, -0.1) is 0 Å². The van der Waals surface area contributed by atoms with Crippen molar-refractivity contribution in [3.63, 3.8) is 0 Å². The van der Waals surface area contributed by atoms with Crippen LogP contribution in [0.2, 0.25) is 5.02 Å². The SMILES string of the molecule is Cc1c(Cl)ccc2sc(=NC(=O)Cc3ccc4c(c3)OCO4)n(C)c12. The Bertz CT molecular complexity index is 1070. The number of hydrogen-bond acceptors (Lipinski definition) is 4. The molecule has 1 amide bonds. The Morgan fingerprint density at radius 3 is 2.92 bits per heavy atom. The summed E-state index contributed by atoms with van der Waals surface area (Å²) in [4.78, 5) is 17.3. The molecule has 2 aromatic carbocycles. The normalized spacial score (nSPS) is 13.6. The summed E-state index contributed by atoms with van der Waals surface area (Å²) in [6, 6.07) is 9.32. The number of carbonyl (C=O) groups excluding carboxylic acids is 1. The third-order valence-corrected chi connectivity index (χ3v) is 5.67. The highest BCUT2D eigenvalue weighted by molar-refractivity contribution is 7.16. The predicted octanol–water partition coefficient (Wildman–Crippen LogP) is 3.60. The highest BCUT2D eigenvalue weighted by Crippen LogP contribution is 2.32. The number of fused-ring (bicyclic) bond motifs is 2. The van der Waals surface area contributed by atoms with Gasteiger partial charge in [-0.25, -0.2) is 0 Å². The molecule has 0 spiro atoms. The van der Waals surface area contributed by atoms with Gasteiger partial charge in [0.2, 0.25) is 6.79 Å². The van der Waals surface area contributed by atoms with Crippen molar-refractivity contribution >= 4 is 39.1 Å². The lowest BCUT2D eigenvalue weighted by Crippen LogP contribution is -2.14. The summed E-state index contributed by atoms with van der Waals surface area (Å²) in [5.41, 5.74) is 2.84. The summed E-state index contributed by atoms with van der Waals surface area (Å²) in [6.45, 7) is 2.19. The Hall–Kier alpha value is -2.31. The molecule has 128 valence electrons. The maximum absolute atomic E-state index is 12.4. The third kappa shape index (κ3) is 2.92. The zero-order valence-corrected chi connectivity index (χ0v) is 15.3. The summed E-state index contributed by atoms with van der Waals surface area (Å²) < 4.78 is 13.6. The first kappa shape index (κ1) is 16.2. The summed E-state index contributed by atoms with van der Waals surface area (Å²) in [7, 11) is 1.90. The molecule has 7 heteroatoms. The molecule has 1 aliphatic rings. The third-order valence-electron chi connectivity index (χ3n) is 4.16. The molecule has 0 N–H and O–H groups in total. The van der Waals surface area contributed by atoms with Crippen LogP contribution >= 0.6 is 22.9 Å². The Morgan fingerprint density at radius 1 is 1.28 bits per heavy atom. The molecule has 0 radical (unpaired) electrons. The highest BCUT2D eigenvalue weighted by Gasteiger charge is 2.15. The maximum Gasteiger partial charge on any atom is 0.252 e. The number of carbonyl (C=O) groups is 1. The lowest BCUT2D eigenvalue weighted by Gasteiger charge is -2.02. The van der Waals surface area contributed by atoms with Crippen molar-refractivity contribution in [3.8, 4) is 11.5 Å². The van der Waals surface area contributed by atoms with E-state index in [1.807, 2.05) is 48.9 Å². The number of rotatable bonds is 2. The minimum atomic E-state index is -0.204. The second-order valence-electron chi connectivity index (χ2n) is 5.83. The molecule has 1 aliphatic heterocycles. The average molecular weight is 375 g/mol. The molecule has 2 heterocycles. The number of nitrogens with zero attached hydrogens (tertiary/aromatic N) is 2. The second-order valence-corrected chi connectivity index (χ2v) is 7.25. The molecule has 5 nitrogen and oxygen atoms in total. The lowest BCUT2D eigenvalue weighted by molar-refractivity contribution is -0.117. The number of benzene rings is 2. The highest BCUT2D eigenvalue weighted by atomic mass is 35.5. The molecule has 3 aromatic rings. The molecule has 0 atom stereocenters. The first-order valence-electron chi connectivity index (χ1n) is 7.73. The van der Waals surface area contributed by atoms with E-state index in [0.717, 1.165) is 21.3 Å². The quantitative estimate of drug-likeness (QED) is 0.688. The molecule has 25 heavy (non-hydrogen) atoms. The van der Waals surface area contributed by atoms with E-state index in [1.165, 1.54) is 11.3 Å². The van der Waals surface area contributed by atoms with Gasteiger partial charge in [0.05, 0.1) is 16.6 Å². The van der Waals surface area contributed by atoms with E-state index in [9.17, 15) is 4.79 Å². The second kappa shape index (κ2) is 6.20. The van der Waals surface area contributed by atoms with E-state index < -0.39 is 0 Å². The van der Waals surface area contributed by atoms with Crippen molar-refractivity contribution in [2.24, 2.45) is 12.0 Å². The first-order chi connectivity index (χ1) is 12.0. The van der Waals surface area contributed by atoms with Crippen molar-refractivity contribution in [3.05, 3.63) is 51.3 Å². The lowest BCUT2D eigenvalue weighted by atomic mass is 10.1. The minimum Gasteiger partial charge on any atom is -0.454 e. The van der Waals surface area contributed by atoms with Gasteiger partial charge in [0, 0.05) is 12.1 Å². The summed E-state index contributed by atoms with van der Waals surface area (Å²) >= 11 is 7.68. The maximum atomic E-state index is 12.4. The van der Waals surface area contributed by atoms with Gasteiger partial charge >= 0.3 is 0 Å². The average Bonchev–Trinajstić information content (AvgIpc) is 3.16. The molecule has 0 saturated heterocycles. The van der Waals surface area contributed by atoms with Gasteiger partial charge in [-0.3, -0.25) is 4.79 Å². The standard InChI is InChI=1S/C18H15ClN2O3S/c1-10-12(19)4-6-15-17(10)21(2)18(25-15)20-16(22)8-11-3-5-13-14(7-11)24-9-23-13/h3-7H,8-9H2,1-2H3. The zero-order valence-electron chi connectivity index (χ0n) is 13.7. The molecule has 0 saturated carbocycles. The van der Waals surface area contributed by atoms with E-state index >= 15 is 0 Å². The van der Waals surface area contributed by atoms with Crippen LogP contribution in [0.5, 0.6) is 11.5 Å². The molecule has 4 rings (SSSR count). The number of halogens is 1. The predicted molar refractivity (Wildman–Crippen MR) is 97.4 cm³/mol. The number of hydrogen-bond donors (Lipinski definition) is 0. The van der Waals surface area contributed by atoms with E-state index in [4.69, 9.17) is 21.1 Å². The summed E-state index contributed by atoms with van der Waals surface area (Å²) in [6.07, 6.45) is 0.213. The van der Waals surface area contributed by atoms with Gasteiger partial charge in [-0.05, 0) is 42.3 Å². The van der Waals surface area contributed by atoms with Crippen molar-refractivity contribution in [1.29, 1.82) is 0 Å². The monoisotopic (exact) mass is 374 g/mol. The first-order valence-corrected chi connectivity index (χ1v) is 8.93. The van der Waals surface area contributed by atoms with Gasteiger partial charge in [-0.2, -0.15) is 4.99 Å². The Labute approximate surface area is 153 Å². The molecular formula is C18H15ClN2O3S. The molecule has 0 aliphatic carbocycles. The topological polar surface area (TPSA) is 52.8 Å². The van der Waals surface area contributed by atoms with E-state index in [-0.39, 0.29) is 19.1 Å². The van der Waals surface area contributed by atoms with Gasteiger partial charge in [0.25, 0.3) is 5.91 Å². The Balaban J connectivity index is 1.66. The number of aryl methyl sites for hydroxylation is 2. The van der Waals surface area contributed by atoms with E-state index in [2.05, 4.69) is 4.99 Å². The van der Waals surface area contributed by atoms with E-state index in [1.54, 1.807) is 0 Å². The fraction of sp³-hybridized carbons (Fsp3) is 0.222. The number of aromatic nitrogens is 1. The number of ether oxygens (including phenoxy) is 2. The fourth-order valence-corrected chi connectivity index (χ4v) is 4.13. The van der Waals surface area contributed by atoms with Gasteiger partial charge in [0.1, 0.15) is 0 Å². The summed E-state index contributed by atoms with van der Waals surface area (Å²) in [5, 5.41) is 0.708. The van der Waals surface area contributed by atoms with E-state index in [0.29, 0.717) is 21.3 Å². The molecular weight excluding hydrogens is 360 g/mol. The van der Waals surface area contributed by atoms with Gasteiger partial charge < -0.3 is 14.0 Å². The largest absolute Gasteiger partial charge is 0.454 e. The molecule has 1 aromatic heterocycles. The smallest absolute Gasteiger partial charge is 0.252 e. The fourth-order valence-electron chi connectivity index (χ4n) is 2.88. The van der Waals surface area contributed by atoms with Crippen LogP contribution in [0.3, 0.4) is 0 Å². The van der Waals surface area contributed by atoms with Crippen LogP contribution in [0.15, 0.2) is 35.3 Å². The van der Waals surface area contributed by atoms with Gasteiger partial charge in [-0.1, -0.05) is 29.0 Å². The van der Waals surface area contributed by atoms with Crippen LogP contribution in [-0.2, 0) is 18.3 Å². The van der Waals surface area contributed by atoms with Gasteiger partial charge in [0.15, 0.2) is 16.3 Å². The van der Waals surface area contributed by atoms with Crippen molar-refractivity contribution in [2.75, 3.05) is 6.79 Å². The van der Waals surface area contributed by atoms with Crippen LogP contribution < -0.4 is 14.3 Å². The molecule has 0 unspecified atom stereocenters. The summed E-state index contributed by atoms with van der Waals surface area (Å²) in [5.74, 6) is 1.17. The Morgan fingerprint density at radius 2 is 2.08 bits per heavy atom. The van der Waals surface area contributed by atoms with Crippen LogP contribution in [-0.4, -0.2) is 17.3 Å². The zero-order chi connectivity index (χ0) is 17.6. The Kier molecular flexibility index (Phi) is 4.01. The van der Waals surface area contributed by atoms with Crippen molar-refractivity contribution in [2.45, 2.75) is 13.3 Å². The van der Waals surface area contributed by atoms with Crippen molar-refractivity contribution < 1.29 is 14.3 Å². The number of amides is 1. The van der Waals surface area contributed by atoms with Crippen LogP contribution in [0.4, 0.5) is 0 Å². The minimum absolute atomic E-state index is 0.204. The van der Waals surface area contributed by atoms with Crippen molar-refractivity contribution in [1.82, 2.24) is 4.57 Å². The van der Waals surface area contributed by atoms with Crippen LogP contribution in [0.1, 0.15) is 11.1 Å². The number of thiazole rings is 1. The van der Waals surface area contributed by atoms with Crippen LogP contribution in [0.25, 0.3) is 10.2 Å².